The van der Waals surface area contributed by atoms with E-state index in [1.165, 1.54) is 18.3 Å². The van der Waals surface area contributed by atoms with Crippen LogP contribution in [0.1, 0.15) is 19.4 Å². The summed E-state index contributed by atoms with van der Waals surface area (Å²) in [5.74, 6) is -0.0962. The van der Waals surface area contributed by atoms with Crippen molar-refractivity contribution in [3.05, 3.63) is 65.5 Å². The molecule has 5 nitrogen and oxygen atoms in total. The zero-order chi connectivity index (χ0) is 17.6. The molecule has 126 valence electrons. The summed E-state index contributed by atoms with van der Waals surface area (Å²) in [6, 6.07) is 17.6. The number of nitrogens with zero attached hydrogens (tertiary/aromatic N) is 2. The third kappa shape index (κ3) is 4.51. The van der Waals surface area contributed by atoms with Gasteiger partial charge in [0.05, 0.1) is 11.4 Å². The first-order valence-corrected chi connectivity index (χ1v) is 8.69. The van der Waals surface area contributed by atoms with Crippen molar-refractivity contribution in [3.8, 4) is 11.3 Å². The minimum absolute atomic E-state index is 0.0962. The maximum absolute atomic E-state index is 11.2. The molecule has 0 saturated heterocycles. The lowest BCUT2D eigenvalue weighted by Gasteiger charge is -2.05. The molecular formula is C19H18N4OS. The van der Waals surface area contributed by atoms with Gasteiger partial charge in [-0.3, -0.25) is 10.2 Å². The van der Waals surface area contributed by atoms with E-state index in [1.54, 1.807) is 0 Å². The first-order valence-electron chi connectivity index (χ1n) is 7.81. The van der Waals surface area contributed by atoms with Crippen molar-refractivity contribution in [2.75, 3.05) is 10.7 Å². The van der Waals surface area contributed by atoms with E-state index in [4.69, 9.17) is 0 Å². The quantitative estimate of drug-likeness (QED) is 0.522. The molecule has 0 aliphatic heterocycles. The van der Waals surface area contributed by atoms with Crippen LogP contribution in [0.2, 0.25) is 0 Å². The Kier molecular flexibility index (Phi) is 5.20. The SMILES string of the molecule is CC(=O)Nc1cccc(/C(C)=N\Nc2nc(-c3ccccc3)cs2)c1. The standard InChI is InChI=1S/C19H18N4OS/c1-13(16-9-6-10-17(11-16)20-14(2)24)22-23-19-21-18(12-25-19)15-7-4-3-5-8-15/h3-12H,1-2H3,(H,20,24)(H,21,23)/b22-13-. The normalized spacial score (nSPS) is 11.2. The summed E-state index contributed by atoms with van der Waals surface area (Å²) in [5.41, 5.74) is 7.49. The smallest absolute Gasteiger partial charge is 0.221 e. The number of thiazole rings is 1. The fourth-order valence-electron chi connectivity index (χ4n) is 2.29. The minimum Gasteiger partial charge on any atom is -0.326 e. The Bertz CT molecular complexity index is 903. The van der Waals surface area contributed by atoms with Gasteiger partial charge in [-0.2, -0.15) is 5.10 Å². The van der Waals surface area contributed by atoms with Gasteiger partial charge in [-0.25, -0.2) is 4.98 Å². The zero-order valence-electron chi connectivity index (χ0n) is 14.0. The van der Waals surface area contributed by atoms with Crippen molar-refractivity contribution in [2.24, 2.45) is 5.10 Å². The molecular weight excluding hydrogens is 332 g/mol. The van der Waals surface area contributed by atoms with E-state index in [-0.39, 0.29) is 5.91 Å². The Morgan fingerprint density at radius 3 is 2.64 bits per heavy atom. The van der Waals surface area contributed by atoms with E-state index in [1.807, 2.05) is 66.9 Å². The number of hydrogen-bond acceptors (Lipinski definition) is 5. The van der Waals surface area contributed by atoms with Gasteiger partial charge in [0.15, 0.2) is 0 Å². The molecule has 0 radical (unpaired) electrons. The van der Waals surface area contributed by atoms with Gasteiger partial charge in [0.1, 0.15) is 0 Å². The van der Waals surface area contributed by atoms with Crippen LogP contribution in [0.3, 0.4) is 0 Å². The third-order valence-corrected chi connectivity index (χ3v) is 4.24. The highest BCUT2D eigenvalue weighted by Gasteiger charge is 2.04. The number of nitrogens with one attached hydrogen (secondary N) is 2. The molecule has 1 aromatic heterocycles. The van der Waals surface area contributed by atoms with Crippen LogP contribution >= 0.6 is 11.3 Å². The molecule has 3 rings (SSSR count). The molecule has 0 fully saturated rings. The molecule has 2 aromatic carbocycles. The van der Waals surface area contributed by atoms with Crippen LogP contribution in [0, 0.1) is 0 Å². The molecule has 3 aromatic rings. The first-order chi connectivity index (χ1) is 12.1. The van der Waals surface area contributed by atoms with Gasteiger partial charge in [0.2, 0.25) is 11.0 Å². The number of benzene rings is 2. The Morgan fingerprint density at radius 2 is 1.88 bits per heavy atom. The molecule has 0 saturated carbocycles. The van der Waals surface area contributed by atoms with Crippen LogP contribution in [0.25, 0.3) is 11.3 Å². The van der Waals surface area contributed by atoms with E-state index < -0.39 is 0 Å². The van der Waals surface area contributed by atoms with Crippen LogP contribution in [-0.4, -0.2) is 16.6 Å². The largest absolute Gasteiger partial charge is 0.326 e. The molecule has 0 atom stereocenters. The maximum Gasteiger partial charge on any atom is 0.221 e. The Morgan fingerprint density at radius 1 is 1.08 bits per heavy atom. The number of aromatic nitrogens is 1. The van der Waals surface area contributed by atoms with Crippen LogP contribution in [-0.2, 0) is 4.79 Å². The van der Waals surface area contributed by atoms with Gasteiger partial charge in [0.25, 0.3) is 0 Å². The number of rotatable bonds is 5. The highest BCUT2D eigenvalue weighted by Crippen LogP contribution is 2.24. The van der Waals surface area contributed by atoms with Crippen LogP contribution in [0.4, 0.5) is 10.8 Å². The molecule has 6 heteroatoms. The van der Waals surface area contributed by atoms with Crippen molar-refractivity contribution in [3.63, 3.8) is 0 Å². The van der Waals surface area contributed by atoms with Crippen molar-refractivity contribution in [1.82, 2.24) is 4.98 Å². The summed E-state index contributed by atoms with van der Waals surface area (Å²) >= 11 is 1.51. The Hall–Kier alpha value is -2.99. The lowest BCUT2D eigenvalue weighted by atomic mass is 10.1. The molecule has 1 heterocycles. The molecule has 0 aliphatic rings. The molecule has 2 N–H and O–H groups in total. The van der Waals surface area contributed by atoms with Crippen molar-refractivity contribution < 1.29 is 4.79 Å². The van der Waals surface area contributed by atoms with Crippen LogP contribution < -0.4 is 10.7 Å². The predicted molar refractivity (Wildman–Crippen MR) is 104 cm³/mol. The summed E-state index contributed by atoms with van der Waals surface area (Å²) in [6.45, 7) is 3.40. The van der Waals surface area contributed by atoms with Crippen molar-refractivity contribution in [1.29, 1.82) is 0 Å². The van der Waals surface area contributed by atoms with Gasteiger partial charge in [0, 0.05) is 23.6 Å². The first kappa shape index (κ1) is 16.9. The summed E-state index contributed by atoms with van der Waals surface area (Å²) in [4.78, 5) is 15.7. The van der Waals surface area contributed by atoms with E-state index in [0.717, 1.165) is 33.4 Å². The van der Waals surface area contributed by atoms with E-state index in [2.05, 4.69) is 20.8 Å². The second-order valence-electron chi connectivity index (χ2n) is 5.47. The molecule has 0 aliphatic carbocycles. The Balaban J connectivity index is 1.72. The fourth-order valence-corrected chi connectivity index (χ4v) is 2.95. The second-order valence-corrected chi connectivity index (χ2v) is 6.33. The predicted octanol–water partition coefficient (Wildman–Crippen LogP) is 4.60. The van der Waals surface area contributed by atoms with Crippen LogP contribution in [0.15, 0.2) is 65.1 Å². The zero-order valence-corrected chi connectivity index (χ0v) is 14.8. The van der Waals surface area contributed by atoms with E-state index in [9.17, 15) is 4.79 Å². The number of carbonyl (C=O) groups is 1. The minimum atomic E-state index is -0.0962. The second kappa shape index (κ2) is 7.72. The van der Waals surface area contributed by atoms with Crippen molar-refractivity contribution in [2.45, 2.75) is 13.8 Å². The highest BCUT2D eigenvalue weighted by atomic mass is 32.1. The number of hydrogen-bond donors (Lipinski definition) is 2. The van der Waals surface area contributed by atoms with Gasteiger partial charge in [-0.1, -0.05) is 42.5 Å². The lowest BCUT2D eigenvalue weighted by Crippen LogP contribution is -2.07. The molecule has 1 amide bonds. The van der Waals surface area contributed by atoms with Gasteiger partial charge < -0.3 is 5.32 Å². The molecule has 0 spiro atoms. The monoisotopic (exact) mass is 350 g/mol. The van der Waals surface area contributed by atoms with Gasteiger partial charge in [-0.05, 0) is 24.6 Å². The summed E-state index contributed by atoms with van der Waals surface area (Å²) in [5, 5.41) is 9.90. The topological polar surface area (TPSA) is 66.4 Å². The summed E-state index contributed by atoms with van der Waals surface area (Å²) in [6.07, 6.45) is 0. The lowest BCUT2D eigenvalue weighted by molar-refractivity contribution is -0.114. The number of hydrazone groups is 1. The number of anilines is 2. The average Bonchev–Trinajstić information content (AvgIpc) is 3.09. The fraction of sp³-hybridized carbons (Fsp3) is 0.105. The summed E-state index contributed by atoms with van der Waals surface area (Å²) in [7, 11) is 0. The molecule has 0 unspecified atom stereocenters. The van der Waals surface area contributed by atoms with Gasteiger partial charge in [-0.15, -0.1) is 11.3 Å². The number of carbonyl (C=O) groups excluding carboxylic acids is 1. The van der Waals surface area contributed by atoms with E-state index >= 15 is 0 Å². The summed E-state index contributed by atoms with van der Waals surface area (Å²) < 4.78 is 0. The third-order valence-electron chi connectivity index (χ3n) is 3.49. The van der Waals surface area contributed by atoms with E-state index in [0.29, 0.717) is 0 Å². The Labute approximate surface area is 150 Å². The number of amides is 1. The van der Waals surface area contributed by atoms with Gasteiger partial charge >= 0.3 is 0 Å². The average molecular weight is 350 g/mol. The highest BCUT2D eigenvalue weighted by molar-refractivity contribution is 7.14. The van der Waals surface area contributed by atoms with Crippen molar-refractivity contribution >= 4 is 33.8 Å². The molecule has 25 heavy (non-hydrogen) atoms. The molecule has 0 bridgehead atoms. The van der Waals surface area contributed by atoms with Crippen LogP contribution in [0.5, 0.6) is 0 Å². The maximum atomic E-state index is 11.2.